The Morgan fingerprint density at radius 3 is 2.46 bits per heavy atom. The van der Waals surface area contributed by atoms with Gasteiger partial charge in [0.05, 0.1) is 0 Å². The number of carbonyl (C=O) groups excluding carboxylic acids is 1. The molecule has 0 aliphatic carbocycles. The molecule has 2 amide bonds. The number of rotatable bonds is 11. The summed E-state index contributed by atoms with van der Waals surface area (Å²) in [5.41, 5.74) is 1.26. The maximum atomic E-state index is 11.9. The normalized spacial score (nSPS) is 13.5. The lowest BCUT2D eigenvalue weighted by Crippen LogP contribution is -2.46. The van der Waals surface area contributed by atoms with Crippen LogP contribution in [-0.4, -0.2) is 38.9 Å². The molecule has 5 heteroatoms. The average molecular weight is 335 g/mol. The molecule has 0 bridgehead atoms. The first-order valence-corrected chi connectivity index (χ1v) is 8.84. The summed E-state index contributed by atoms with van der Waals surface area (Å²) in [6, 6.07) is 10.8. The number of hydrogen-bond donors (Lipinski definition) is 3. The molecule has 0 aliphatic rings. The van der Waals surface area contributed by atoms with Gasteiger partial charge < -0.3 is 20.7 Å². The summed E-state index contributed by atoms with van der Waals surface area (Å²) < 4.78 is 4.97. The Morgan fingerprint density at radius 1 is 1.12 bits per heavy atom. The molecule has 0 aromatic heterocycles. The third-order valence-electron chi connectivity index (χ3n) is 3.86. The van der Waals surface area contributed by atoms with Crippen molar-refractivity contribution in [3.05, 3.63) is 35.9 Å². The van der Waals surface area contributed by atoms with Gasteiger partial charge in [0.2, 0.25) is 0 Å². The van der Waals surface area contributed by atoms with Crippen LogP contribution >= 0.6 is 0 Å². The van der Waals surface area contributed by atoms with Crippen molar-refractivity contribution >= 4 is 6.03 Å². The molecular formula is C19H33N3O2. The van der Waals surface area contributed by atoms with Crippen molar-refractivity contribution in [2.45, 2.75) is 45.7 Å². The number of hydrogen-bond acceptors (Lipinski definition) is 3. The summed E-state index contributed by atoms with van der Waals surface area (Å²) in [6.45, 7) is 8.47. The average Bonchev–Trinajstić information content (AvgIpc) is 2.57. The van der Waals surface area contributed by atoms with Crippen LogP contribution in [-0.2, 0) is 4.74 Å². The molecule has 0 spiro atoms. The standard InChI is InChI=1S/C19H33N3O2/c1-15(2)13-18(14-21-19(23)20-11-8-12-24-4)22-16(3)17-9-6-5-7-10-17/h5-7,9-10,15-16,18,22H,8,11-14H2,1-4H3,(H2,20,21,23)/t16-,18-/m0/s1. The van der Waals surface area contributed by atoms with Gasteiger partial charge in [-0.3, -0.25) is 0 Å². The molecule has 0 saturated heterocycles. The van der Waals surface area contributed by atoms with Gasteiger partial charge in [0.1, 0.15) is 0 Å². The van der Waals surface area contributed by atoms with Crippen molar-refractivity contribution in [1.29, 1.82) is 0 Å². The zero-order chi connectivity index (χ0) is 17.8. The first-order chi connectivity index (χ1) is 11.5. The molecule has 0 unspecified atom stereocenters. The maximum Gasteiger partial charge on any atom is 0.314 e. The van der Waals surface area contributed by atoms with E-state index in [9.17, 15) is 4.79 Å². The van der Waals surface area contributed by atoms with Crippen LogP contribution in [0.3, 0.4) is 0 Å². The number of urea groups is 1. The highest BCUT2D eigenvalue weighted by Crippen LogP contribution is 2.14. The van der Waals surface area contributed by atoms with Crippen molar-refractivity contribution in [2.24, 2.45) is 5.92 Å². The molecule has 5 nitrogen and oxygen atoms in total. The highest BCUT2D eigenvalue weighted by molar-refractivity contribution is 5.73. The fourth-order valence-corrected chi connectivity index (χ4v) is 2.67. The highest BCUT2D eigenvalue weighted by atomic mass is 16.5. The van der Waals surface area contributed by atoms with Crippen LogP contribution in [0, 0.1) is 5.92 Å². The van der Waals surface area contributed by atoms with Gasteiger partial charge >= 0.3 is 6.03 Å². The molecule has 136 valence electrons. The summed E-state index contributed by atoms with van der Waals surface area (Å²) in [6.07, 6.45) is 1.84. The number of ether oxygens (including phenoxy) is 1. The molecule has 1 aromatic carbocycles. The summed E-state index contributed by atoms with van der Waals surface area (Å²) in [5.74, 6) is 0.567. The zero-order valence-corrected chi connectivity index (χ0v) is 15.5. The van der Waals surface area contributed by atoms with E-state index in [2.05, 4.69) is 61.0 Å². The Morgan fingerprint density at radius 2 is 1.83 bits per heavy atom. The lowest BCUT2D eigenvalue weighted by molar-refractivity contribution is 0.193. The topological polar surface area (TPSA) is 62.4 Å². The maximum absolute atomic E-state index is 11.9. The lowest BCUT2D eigenvalue weighted by atomic mass is 10.0. The first-order valence-electron chi connectivity index (χ1n) is 8.84. The van der Waals surface area contributed by atoms with E-state index in [1.807, 2.05) is 6.07 Å². The van der Waals surface area contributed by atoms with E-state index in [1.54, 1.807) is 7.11 Å². The van der Waals surface area contributed by atoms with Gasteiger partial charge in [-0.1, -0.05) is 44.2 Å². The second-order valence-electron chi connectivity index (χ2n) is 6.61. The zero-order valence-electron chi connectivity index (χ0n) is 15.5. The molecule has 3 N–H and O–H groups in total. The minimum atomic E-state index is -0.117. The summed E-state index contributed by atoms with van der Waals surface area (Å²) >= 11 is 0. The molecular weight excluding hydrogens is 302 g/mol. The summed E-state index contributed by atoms with van der Waals surface area (Å²) in [5, 5.41) is 9.46. The van der Waals surface area contributed by atoms with Crippen molar-refractivity contribution in [3.63, 3.8) is 0 Å². The lowest BCUT2D eigenvalue weighted by Gasteiger charge is -2.25. The minimum absolute atomic E-state index is 0.117. The van der Waals surface area contributed by atoms with Gasteiger partial charge in [0.25, 0.3) is 0 Å². The molecule has 2 atom stereocenters. The van der Waals surface area contributed by atoms with Crippen molar-refractivity contribution in [3.8, 4) is 0 Å². The van der Waals surface area contributed by atoms with Crippen LogP contribution in [0.1, 0.15) is 45.2 Å². The number of methoxy groups -OCH3 is 1. The highest BCUT2D eigenvalue weighted by Gasteiger charge is 2.15. The Hall–Kier alpha value is -1.59. The van der Waals surface area contributed by atoms with E-state index in [4.69, 9.17) is 4.74 Å². The van der Waals surface area contributed by atoms with Gasteiger partial charge in [0.15, 0.2) is 0 Å². The van der Waals surface area contributed by atoms with Crippen LogP contribution in [0.15, 0.2) is 30.3 Å². The van der Waals surface area contributed by atoms with E-state index in [-0.39, 0.29) is 18.1 Å². The van der Waals surface area contributed by atoms with Crippen molar-refractivity contribution in [2.75, 3.05) is 26.8 Å². The fraction of sp³-hybridized carbons (Fsp3) is 0.632. The van der Waals surface area contributed by atoms with E-state index in [1.165, 1.54) is 5.56 Å². The van der Waals surface area contributed by atoms with Gasteiger partial charge in [-0.2, -0.15) is 0 Å². The van der Waals surface area contributed by atoms with Crippen LogP contribution in [0.25, 0.3) is 0 Å². The quantitative estimate of drug-likeness (QED) is 0.545. The molecule has 0 aliphatic heterocycles. The van der Waals surface area contributed by atoms with Gasteiger partial charge in [-0.05, 0) is 31.2 Å². The molecule has 0 saturated carbocycles. The predicted molar refractivity (Wildman–Crippen MR) is 99.1 cm³/mol. The van der Waals surface area contributed by atoms with E-state index >= 15 is 0 Å². The van der Waals surface area contributed by atoms with E-state index < -0.39 is 0 Å². The van der Waals surface area contributed by atoms with Crippen molar-refractivity contribution in [1.82, 2.24) is 16.0 Å². The van der Waals surface area contributed by atoms with Crippen LogP contribution in [0.4, 0.5) is 4.79 Å². The van der Waals surface area contributed by atoms with E-state index in [0.29, 0.717) is 25.6 Å². The first kappa shape index (κ1) is 20.5. The fourth-order valence-electron chi connectivity index (χ4n) is 2.67. The molecule has 24 heavy (non-hydrogen) atoms. The van der Waals surface area contributed by atoms with Crippen LogP contribution in [0.5, 0.6) is 0 Å². The number of benzene rings is 1. The predicted octanol–water partition coefficient (Wildman–Crippen LogP) is 3.09. The third kappa shape index (κ3) is 8.89. The number of carbonyl (C=O) groups is 1. The Labute approximate surface area is 146 Å². The molecule has 0 heterocycles. The SMILES string of the molecule is COCCCNC(=O)NC[C@H](CC(C)C)N[C@@H](C)c1ccccc1. The van der Waals surface area contributed by atoms with Crippen LogP contribution in [0.2, 0.25) is 0 Å². The number of amides is 2. The molecule has 1 rings (SSSR count). The van der Waals surface area contributed by atoms with Gasteiger partial charge in [-0.25, -0.2) is 4.79 Å². The van der Waals surface area contributed by atoms with Crippen molar-refractivity contribution < 1.29 is 9.53 Å². The van der Waals surface area contributed by atoms with Crippen LogP contribution < -0.4 is 16.0 Å². The van der Waals surface area contributed by atoms with E-state index in [0.717, 1.165) is 12.8 Å². The van der Waals surface area contributed by atoms with Gasteiger partial charge in [0, 0.05) is 38.9 Å². The minimum Gasteiger partial charge on any atom is -0.385 e. The molecule has 0 radical (unpaired) electrons. The number of nitrogens with one attached hydrogen (secondary N) is 3. The third-order valence-corrected chi connectivity index (χ3v) is 3.86. The van der Waals surface area contributed by atoms with Gasteiger partial charge in [-0.15, -0.1) is 0 Å². The molecule has 1 aromatic rings. The monoisotopic (exact) mass is 335 g/mol. The largest absolute Gasteiger partial charge is 0.385 e. The smallest absolute Gasteiger partial charge is 0.314 e. The molecule has 0 fully saturated rings. The second kappa shape index (κ2) is 11.9. The second-order valence-corrected chi connectivity index (χ2v) is 6.61. The Bertz CT molecular complexity index is 451. The summed E-state index contributed by atoms with van der Waals surface area (Å²) in [4.78, 5) is 11.9. The summed E-state index contributed by atoms with van der Waals surface area (Å²) in [7, 11) is 1.66. The Balaban J connectivity index is 2.43. The Kier molecular flexibility index (Phi) is 10.1.